The minimum Gasteiger partial charge on any atom is -0.314 e. The fourth-order valence-corrected chi connectivity index (χ4v) is 2.67. The Kier molecular flexibility index (Phi) is 1.62. The number of hydrogen-bond donors (Lipinski definition) is 1. The molecule has 2 heteroatoms. The van der Waals surface area contributed by atoms with Crippen molar-refractivity contribution in [2.24, 2.45) is 0 Å². The fraction of sp³-hybridized carbons (Fsp3) is 0.545. The minimum absolute atomic E-state index is 0.718. The van der Waals surface area contributed by atoms with E-state index in [4.69, 9.17) is 0 Å². The van der Waals surface area contributed by atoms with E-state index in [1.54, 1.807) is 0 Å². The number of nitrogens with zero attached hydrogens (tertiary/aromatic N) is 1. The number of piperidine rings is 1. The second kappa shape index (κ2) is 2.81. The molecule has 2 unspecified atom stereocenters. The van der Waals surface area contributed by atoms with Gasteiger partial charge in [-0.3, -0.25) is 4.98 Å². The van der Waals surface area contributed by atoms with Crippen molar-refractivity contribution < 1.29 is 0 Å². The lowest BCUT2D eigenvalue weighted by Gasteiger charge is -2.35. The Bertz CT molecular complexity index is 322. The van der Waals surface area contributed by atoms with E-state index in [9.17, 15) is 0 Å². The summed E-state index contributed by atoms with van der Waals surface area (Å²) in [7, 11) is 0. The first kappa shape index (κ1) is 7.51. The number of aromatic nitrogens is 1. The third-order valence-electron chi connectivity index (χ3n) is 3.27. The standard InChI is InChI=1S/C11H14N2/c1-2-8-6-10-7-9(3-5-12-10)11(8)13-4-1/h1-2,4,9-10,12H,3,5-7H2. The van der Waals surface area contributed by atoms with Crippen LogP contribution >= 0.6 is 0 Å². The summed E-state index contributed by atoms with van der Waals surface area (Å²) in [6.45, 7) is 1.17. The van der Waals surface area contributed by atoms with E-state index in [0.29, 0.717) is 0 Å². The molecule has 3 rings (SSSR count). The van der Waals surface area contributed by atoms with Crippen LogP contribution in [0.4, 0.5) is 0 Å². The second-order valence-corrected chi connectivity index (χ2v) is 4.12. The number of nitrogens with one attached hydrogen (secondary N) is 1. The molecule has 2 bridgehead atoms. The summed E-state index contributed by atoms with van der Waals surface area (Å²) in [6, 6.07) is 5.00. The minimum atomic E-state index is 0.718. The molecule has 1 fully saturated rings. The van der Waals surface area contributed by atoms with E-state index < -0.39 is 0 Å². The molecular weight excluding hydrogens is 160 g/mol. The number of hydrogen-bond acceptors (Lipinski definition) is 2. The van der Waals surface area contributed by atoms with Crippen LogP contribution < -0.4 is 5.32 Å². The van der Waals surface area contributed by atoms with E-state index in [0.717, 1.165) is 12.0 Å². The number of pyridine rings is 1. The quantitative estimate of drug-likeness (QED) is 0.644. The lowest BCUT2D eigenvalue weighted by molar-refractivity contribution is 0.333. The molecule has 1 aliphatic carbocycles. The Morgan fingerprint density at radius 2 is 2.46 bits per heavy atom. The van der Waals surface area contributed by atoms with Crippen molar-refractivity contribution in [2.75, 3.05) is 6.54 Å². The van der Waals surface area contributed by atoms with Crippen LogP contribution in [-0.2, 0) is 6.42 Å². The molecule has 2 aliphatic rings. The normalized spacial score (nSPS) is 31.1. The van der Waals surface area contributed by atoms with Crippen molar-refractivity contribution in [3.8, 4) is 0 Å². The molecule has 1 N–H and O–H groups in total. The SMILES string of the molecule is c1cnc2c(c1)CC1CC2CCN1. The van der Waals surface area contributed by atoms with Crippen LogP contribution in [0.3, 0.4) is 0 Å². The van der Waals surface area contributed by atoms with Crippen LogP contribution in [0.2, 0.25) is 0 Å². The molecule has 0 spiro atoms. The molecule has 0 amide bonds. The van der Waals surface area contributed by atoms with Gasteiger partial charge in [-0.25, -0.2) is 0 Å². The third kappa shape index (κ3) is 1.17. The maximum Gasteiger partial charge on any atom is 0.0468 e. The van der Waals surface area contributed by atoms with E-state index >= 15 is 0 Å². The highest BCUT2D eigenvalue weighted by Crippen LogP contribution is 2.34. The number of fused-ring (bicyclic) bond motifs is 4. The van der Waals surface area contributed by atoms with Crippen LogP contribution in [-0.4, -0.2) is 17.6 Å². The van der Waals surface area contributed by atoms with Crippen molar-refractivity contribution >= 4 is 0 Å². The first-order chi connectivity index (χ1) is 6.43. The van der Waals surface area contributed by atoms with E-state index in [2.05, 4.69) is 22.4 Å². The highest BCUT2D eigenvalue weighted by atomic mass is 14.9. The molecule has 1 saturated heterocycles. The third-order valence-corrected chi connectivity index (χ3v) is 3.27. The highest BCUT2D eigenvalue weighted by molar-refractivity contribution is 5.28. The summed E-state index contributed by atoms with van der Waals surface area (Å²) in [5.74, 6) is 0.733. The highest BCUT2D eigenvalue weighted by Gasteiger charge is 2.30. The van der Waals surface area contributed by atoms with Gasteiger partial charge in [0.2, 0.25) is 0 Å². The molecule has 2 atom stereocenters. The Morgan fingerprint density at radius 3 is 3.46 bits per heavy atom. The fourth-order valence-electron chi connectivity index (χ4n) is 2.67. The maximum absolute atomic E-state index is 4.51. The van der Waals surface area contributed by atoms with Gasteiger partial charge in [-0.2, -0.15) is 0 Å². The lowest BCUT2D eigenvalue weighted by atomic mass is 9.79. The van der Waals surface area contributed by atoms with Crippen LogP contribution in [0.25, 0.3) is 0 Å². The van der Waals surface area contributed by atoms with Gasteiger partial charge in [-0.05, 0) is 37.4 Å². The van der Waals surface area contributed by atoms with Crippen LogP contribution in [0, 0.1) is 0 Å². The molecule has 2 heterocycles. The van der Waals surface area contributed by atoms with Gasteiger partial charge < -0.3 is 5.32 Å². The molecule has 1 aromatic rings. The van der Waals surface area contributed by atoms with E-state index in [1.807, 2.05) is 6.20 Å². The van der Waals surface area contributed by atoms with Gasteiger partial charge in [0.1, 0.15) is 0 Å². The second-order valence-electron chi connectivity index (χ2n) is 4.12. The van der Waals surface area contributed by atoms with Gasteiger partial charge in [-0.1, -0.05) is 6.07 Å². The average molecular weight is 174 g/mol. The summed E-state index contributed by atoms with van der Waals surface area (Å²) in [5.41, 5.74) is 2.84. The van der Waals surface area contributed by atoms with E-state index in [-0.39, 0.29) is 0 Å². The predicted octanol–water partition coefficient (Wildman–Crippen LogP) is 1.47. The average Bonchev–Trinajstić information content (AvgIpc) is 2.18. The van der Waals surface area contributed by atoms with Gasteiger partial charge in [0.25, 0.3) is 0 Å². The smallest absolute Gasteiger partial charge is 0.0468 e. The van der Waals surface area contributed by atoms with Crippen molar-refractivity contribution in [2.45, 2.75) is 31.2 Å². The molecule has 0 saturated carbocycles. The zero-order chi connectivity index (χ0) is 8.67. The zero-order valence-electron chi connectivity index (χ0n) is 7.66. The van der Waals surface area contributed by atoms with Crippen LogP contribution in [0.15, 0.2) is 18.3 Å². The summed E-state index contributed by atoms with van der Waals surface area (Å²) in [4.78, 5) is 4.51. The van der Waals surface area contributed by atoms with Crippen LogP contribution in [0.5, 0.6) is 0 Å². The molecule has 1 aromatic heterocycles. The summed E-state index contributed by atoms with van der Waals surface area (Å²) < 4.78 is 0. The van der Waals surface area contributed by atoms with Gasteiger partial charge in [0.05, 0.1) is 0 Å². The van der Waals surface area contributed by atoms with Gasteiger partial charge in [0, 0.05) is 23.9 Å². The molecule has 13 heavy (non-hydrogen) atoms. The number of rotatable bonds is 0. The summed E-state index contributed by atoms with van der Waals surface area (Å²) in [6.07, 6.45) is 5.67. The zero-order valence-corrected chi connectivity index (χ0v) is 7.66. The van der Waals surface area contributed by atoms with Gasteiger partial charge >= 0.3 is 0 Å². The first-order valence-electron chi connectivity index (χ1n) is 5.10. The predicted molar refractivity (Wildman–Crippen MR) is 51.7 cm³/mol. The Hall–Kier alpha value is -0.890. The Morgan fingerprint density at radius 1 is 1.46 bits per heavy atom. The van der Waals surface area contributed by atoms with Crippen molar-refractivity contribution in [3.63, 3.8) is 0 Å². The molecule has 68 valence electrons. The van der Waals surface area contributed by atoms with Gasteiger partial charge in [-0.15, -0.1) is 0 Å². The Balaban J connectivity index is 2.06. The van der Waals surface area contributed by atoms with Crippen molar-refractivity contribution in [3.05, 3.63) is 29.6 Å². The Labute approximate surface area is 78.4 Å². The molecule has 2 nitrogen and oxygen atoms in total. The lowest BCUT2D eigenvalue weighted by Crippen LogP contribution is -2.42. The first-order valence-corrected chi connectivity index (χ1v) is 5.10. The van der Waals surface area contributed by atoms with Crippen molar-refractivity contribution in [1.82, 2.24) is 10.3 Å². The van der Waals surface area contributed by atoms with Gasteiger partial charge in [0.15, 0.2) is 0 Å². The van der Waals surface area contributed by atoms with Crippen molar-refractivity contribution in [1.29, 1.82) is 0 Å². The maximum atomic E-state index is 4.51. The topological polar surface area (TPSA) is 24.9 Å². The molecule has 1 aliphatic heterocycles. The molecule has 0 radical (unpaired) electrons. The summed E-state index contributed by atoms with van der Waals surface area (Å²) in [5, 5.41) is 3.56. The largest absolute Gasteiger partial charge is 0.314 e. The molecular formula is C11H14N2. The van der Waals surface area contributed by atoms with Crippen LogP contribution in [0.1, 0.15) is 30.0 Å². The molecule has 0 aromatic carbocycles. The van der Waals surface area contributed by atoms with E-state index in [1.165, 1.54) is 37.1 Å². The monoisotopic (exact) mass is 174 g/mol. The summed E-state index contributed by atoms with van der Waals surface area (Å²) >= 11 is 0.